The van der Waals surface area contributed by atoms with Crippen molar-refractivity contribution in [3.63, 3.8) is 0 Å². The van der Waals surface area contributed by atoms with Gasteiger partial charge in [0.2, 0.25) is 0 Å². The Bertz CT molecular complexity index is 437. The molecule has 0 radical (unpaired) electrons. The molecule has 0 spiro atoms. The van der Waals surface area contributed by atoms with E-state index in [0.29, 0.717) is 52.2 Å². The Morgan fingerprint density at radius 1 is 0.913 bits per heavy atom. The highest BCUT2D eigenvalue weighted by atomic mass is 16.5. The van der Waals surface area contributed by atoms with Gasteiger partial charge in [0.15, 0.2) is 5.54 Å². The number of quaternary nitrogens is 1. The second-order valence-corrected chi connectivity index (χ2v) is 6.98. The largest absolute Gasteiger partial charge is 0.378 e. The number of piperidine rings is 2. The van der Waals surface area contributed by atoms with Crippen LogP contribution in [0.5, 0.6) is 0 Å². The van der Waals surface area contributed by atoms with Gasteiger partial charge in [-0.15, -0.1) is 0 Å². The smallest absolute Gasteiger partial charge is 0.320 e. The number of ether oxygens (including phenoxy) is 1. The first-order chi connectivity index (χ1) is 11.1. The molecule has 3 heterocycles. The fourth-order valence-electron chi connectivity index (χ4n) is 4.27. The Balaban J connectivity index is 1.62. The molecule has 3 N–H and O–H groups in total. The van der Waals surface area contributed by atoms with Crippen LogP contribution in [0.4, 0.5) is 4.79 Å². The molecule has 7 nitrogen and oxygen atoms in total. The third kappa shape index (κ3) is 3.30. The fraction of sp³-hybridized carbons (Fsp3) is 0.875. The molecule has 0 unspecified atom stereocenters. The summed E-state index contributed by atoms with van der Waals surface area (Å²) < 4.78 is 5.30. The summed E-state index contributed by atoms with van der Waals surface area (Å²) in [5.74, 6) is -0.187. The number of hydrogen-bond donors (Lipinski definition) is 2. The molecule has 0 atom stereocenters. The van der Waals surface area contributed by atoms with E-state index in [1.54, 1.807) is 0 Å². The molecule has 3 fully saturated rings. The van der Waals surface area contributed by atoms with Gasteiger partial charge in [-0.3, -0.25) is 4.79 Å². The fourth-order valence-corrected chi connectivity index (χ4v) is 4.27. The number of rotatable bonds is 2. The Morgan fingerprint density at radius 2 is 1.48 bits per heavy atom. The highest BCUT2D eigenvalue weighted by Gasteiger charge is 2.49. The number of nitrogens with zero attached hydrogens (tertiary/aromatic N) is 2. The van der Waals surface area contributed by atoms with Gasteiger partial charge in [0, 0.05) is 39.0 Å². The van der Waals surface area contributed by atoms with E-state index in [-0.39, 0.29) is 11.9 Å². The monoisotopic (exact) mass is 325 g/mol. The van der Waals surface area contributed by atoms with Gasteiger partial charge in [-0.1, -0.05) is 0 Å². The van der Waals surface area contributed by atoms with Gasteiger partial charge in [-0.2, -0.15) is 0 Å². The number of likely N-dealkylation sites (tertiary alicyclic amines) is 2. The van der Waals surface area contributed by atoms with Crippen LogP contribution in [0.15, 0.2) is 0 Å². The van der Waals surface area contributed by atoms with Gasteiger partial charge in [-0.25, -0.2) is 4.79 Å². The van der Waals surface area contributed by atoms with Crippen LogP contribution < -0.4 is 10.6 Å². The van der Waals surface area contributed by atoms with Gasteiger partial charge in [0.25, 0.3) is 5.91 Å². The molecule has 3 aliphatic heterocycles. The van der Waals surface area contributed by atoms with E-state index in [1.807, 2.05) is 9.80 Å². The van der Waals surface area contributed by atoms with Crippen molar-refractivity contribution in [2.75, 3.05) is 52.5 Å². The van der Waals surface area contributed by atoms with E-state index in [2.05, 4.69) is 0 Å². The summed E-state index contributed by atoms with van der Waals surface area (Å²) in [7, 11) is 0. The van der Waals surface area contributed by atoms with Gasteiger partial charge >= 0.3 is 6.03 Å². The number of nitrogens with one attached hydrogen (secondary N) is 1. The normalized spacial score (nSPS) is 26.1. The van der Waals surface area contributed by atoms with Gasteiger partial charge < -0.3 is 25.2 Å². The van der Waals surface area contributed by atoms with E-state index in [1.165, 1.54) is 24.2 Å². The van der Waals surface area contributed by atoms with Crippen molar-refractivity contribution in [3.05, 3.63) is 0 Å². The number of amides is 3. The summed E-state index contributed by atoms with van der Waals surface area (Å²) in [6.07, 6.45) is 4.96. The average Bonchev–Trinajstić information content (AvgIpc) is 2.62. The van der Waals surface area contributed by atoms with Crippen LogP contribution in [0.3, 0.4) is 0 Å². The van der Waals surface area contributed by atoms with E-state index >= 15 is 0 Å². The summed E-state index contributed by atoms with van der Waals surface area (Å²) in [6.45, 7) is 5.86. The Hall–Kier alpha value is -1.34. The van der Waals surface area contributed by atoms with Gasteiger partial charge in [0.05, 0.1) is 26.3 Å². The first-order valence-corrected chi connectivity index (χ1v) is 8.90. The molecular formula is C16H29N4O3+. The van der Waals surface area contributed by atoms with Crippen LogP contribution >= 0.6 is 0 Å². The van der Waals surface area contributed by atoms with Crippen molar-refractivity contribution in [2.24, 2.45) is 5.73 Å². The summed E-state index contributed by atoms with van der Waals surface area (Å²) in [4.78, 5) is 29.9. The van der Waals surface area contributed by atoms with Crippen LogP contribution in [0.2, 0.25) is 0 Å². The molecule has 0 bridgehead atoms. The summed E-state index contributed by atoms with van der Waals surface area (Å²) in [5.41, 5.74) is 5.34. The van der Waals surface area contributed by atoms with E-state index in [9.17, 15) is 9.59 Å². The standard InChI is InChI=1S/C16H28N4O3/c17-14(21)16(20-6-2-1-3-7-20)4-8-18(9-5-16)15(22)19-10-12-23-13-11-19/h1-13H2,(H2,17,21)/p+1. The molecule has 23 heavy (non-hydrogen) atoms. The third-order valence-electron chi connectivity index (χ3n) is 5.77. The predicted molar refractivity (Wildman–Crippen MR) is 85.1 cm³/mol. The van der Waals surface area contributed by atoms with Crippen LogP contribution in [-0.4, -0.2) is 79.8 Å². The molecule has 0 aromatic carbocycles. The maximum absolute atomic E-state index is 12.6. The SMILES string of the molecule is NC(=O)C1([NH+]2CCCCC2)CCN(C(=O)N2CCOCC2)CC1. The number of primary amides is 1. The maximum atomic E-state index is 12.6. The van der Waals surface area contributed by atoms with Crippen molar-refractivity contribution in [1.29, 1.82) is 0 Å². The number of nitrogens with two attached hydrogens (primary N) is 1. The second kappa shape index (κ2) is 7.05. The van der Waals surface area contributed by atoms with Crippen LogP contribution in [-0.2, 0) is 9.53 Å². The lowest BCUT2D eigenvalue weighted by Gasteiger charge is -2.46. The lowest BCUT2D eigenvalue weighted by Crippen LogP contribution is -3.22. The molecular weight excluding hydrogens is 296 g/mol. The molecule has 0 aromatic rings. The zero-order valence-electron chi connectivity index (χ0n) is 13.9. The molecule has 3 amide bonds. The summed E-state index contributed by atoms with van der Waals surface area (Å²) in [5, 5.41) is 0. The highest BCUT2D eigenvalue weighted by Crippen LogP contribution is 2.21. The lowest BCUT2D eigenvalue weighted by molar-refractivity contribution is -0.948. The molecule has 7 heteroatoms. The van der Waals surface area contributed by atoms with Crippen molar-refractivity contribution >= 4 is 11.9 Å². The van der Waals surface area contributed by atoms with E-state index in [0.717, 1.165) is 13.1 Å². The van der Waals surface area contributed by atoms with Crippen molar-refractivity contribution in [3.8, 4) is 0 Å². The number of hydrogen-bond acceptors (Lipinski definition) is 3. The number of morpholine rings is 1. The van der Waals surface area contributed by atoms with Crippen molar-refractivity contribution < 1.29 is 19.2 Å². The lowest BCUT2D eigenvalue weighted by atomic mass is 9.83. The zero-order valence-corrected chi connectivity index (χ0v) is 13.9. The topological polar surface area (TPSA) is 80.3 Å². The Morgan fingerprint density at radius 3 is 2.04 bits per heavy atom. The minimum Gasteiger partial charge on any atom is -0.378 e. The molecule has 0 saturated carbocycles. The number of carbonyl (C=O) groups is 2. The molecule has 0 aromatic heterocycles. The first kappa shape index (κ1) is 16.5. The summed E-state index contributed by atoms with van der Waals surface area (Å²) in [6, 6.07) is 0.0833. The van der Waals surface area contributed by atoms with Crippen LogP contribution in [0.1, 0.15) is 32.1 Å². The third-order valence-corrected chi connectivity index (χ3v) is 5.77. The van der Waals surface area contributed by atoms with Crippen LogP contribution in [0, 0.1) is 0 Å². The molecule has 0 aliphatic carbocycles. The van der Waals surface area contributed by atoms with Gasteiger partial charge in [0.1, 0.15) is 0 Å². The molecule has 3 saturated heterocycles. The highest BCUT2D eigenvalue weighted by molar-refractivity contribution is 5.83. The Kier molecular flexibility index (Phi) is 5.06. The quantitative estimate of drug-likeness (QED) is 0.671. The molecule has 3 rings (SSSR count). The predicted octanol–water partition coefficient (Wildman–Crippen LogP) is -1.17. The zero-order chi connectivity index (χ0) is 16.3. The second-order valence-electron chi connectivity index (χ2n) is 6.98. The van der Waals surface area contributed by atoms with Gasteiger partial charge in [-0.05, 0) is 19.3 Å². The minimum absolute atomic E-state index is 0.0833. The first-order valence-electron chi connectivity index (χ1n) is 8.90. The molecule has 130 valence electrons. The molecule has 3 aliphatic rings. The van der Waals surface area contributed by atoms with Crippen molar-refractivity contribution in [1.82, 2.24) is 9.80 Å². The average molecular weight is 325 g/mol. The van der Waals surface area contributed by atoms with Crippen molar-refractivity contribution in [2.45, 2.75) is 37.6 Å². The maximum Gasteiger partial charge on any atom is 0.320 e. The minimum atomic E-state index is -0.470. The Labute approximate surface area is 137 Å². The number of urea groups is 1. The van der Waals surface area contributed by atoms with E-state index in [4.69, 9.17) is 10.5 Å². The number of carbonyl (C=O) groups excluding carboxylic acids is 2. The van der Waals surface area contributed by atoms with E-state index < -0.39 is 5.54 Å². The summed E-state index contributed by atoms with van der Waals surface area (Å²) >= 11 is 0. The van der Waals surface area contributed by atoms with Crippen LogP contribution in [0.25, 0.3) is 0 Å².